The van der Waals surface area contributed by atoms with E-state index < -0.39 is 15.6 Å². The molecule has 0 unspecified atom stereocenters. The second kappa shape index (κ2) is 10.4. The Hall–Kier alpha value is -0.0800. The van der Waals surface area contributed by atoms with E-state index in [2.05, 4.69) is 0 Å². The van der Waals surface area contributed by atoms with Crippen LogP contribution in [-0.4, -0.2) is 41.1 Å². The predicted octanol–water partition coefficient (Wildman–Crippen LogP) is -1.30. The maximum atomic E-state index is 8.88. The lowest BCUT2D eigenvalue weighted by atomic mass is 10.6. The van der Waals surface area contributed by atoms with E-state index in [1.807, 2.05) is 6.92 Å². The Labute approximate surface area is 85.8 Å². The minimum atomic E-state index is -4.64. The van der Waals surface area contributed by atoms with Crippen LogP contribution in [0.1, 0.15) is 6.92 Å². The Morgan fingerprint density at radius 3 is 1.13 bits per heavy atom. The quantitative estimate of drug-likeness (QED) is 0.225. The highest BCUT2D eigenvalue weighted by atomic mass is 31.2. The summed E-state index contributed by atoms with van der Waals surface area (Å²) in [5.41, 5.74) is 0. The number of aliphatic hydroxyl groups excluding tert-OH is 1. The van der Waals surface area contributed by atoms with Crippen molar-refractivity contribution in [3.05, 3.63) is 12.2 Å². The van der Waals surface area contributed by atoms with Crippen molar-refractivity contribution < 1.29 is 43.6 Å². The van der Waals surface area contributed by atoms with Crippen molar-refractivity contribution in [2.24, 2.45) is 0 Å². The molecule has 0 radical (unpaired) electrons. The fraction of sp³-hybridized carbons (Fsp3) is 0.500. The van der Waals surface area contributed by atoms with Gasteiger partial charge in [0, 0.05) is 0 Å². The van der Waals surface area contributed by atoms with Crippen LogP contribution in [0.3, 0.4) is 0 Å². The predicted molar refractivity (Wildman–Crippen MR) is 50.4 cm³/mol. The lowest BCUT2D eigenvalue weighted by molar-refractivity contribution is 0.272. The van der Waals surface area contributed by atoms with Gasteiger partial charge in [0.1, 0.15) is 0 Å². The molecule has 0 spiro atoms. The van der Waals surface area contributed by atoms with Crippen LogP contribution in [-0.2, 0) is 9.13 Å². The molecular formula is C4H14O9P2. The molecule has 0 atom stereocenters. The summed E-state index contributed by atoms with van der Waals surface area (Å²) in [5.74, 6) is 0. The first-order valence-electron chi connectivity index (χ1n) is 3.20. The first-order chi connectivity index (χ1) is 6.41. The van der Waals surface area contributed by atoms with Crippen LogP contribution in [0, 0.1) is 0 Å². The Kier molecular flexibility index (Phi) is 14.2. The Balaban J connectivity index is -0.000000144. The molecule has 0 amide bonds. The van der Waals surface area contributed by atoms with Crippen molar-refractivity contribution >= 4 is 15.6 Å². The van der Waals surface area contributed by atoms with E-state index >= 15 is 0 Å². The number of phosphoric acid groups is 2. The lowest BCUT2D eigenvalue weighted by Gasteiger charge is -1.82. The molecule has 11 heteroatoms. The second-order valence-electron chi connectivity index (χ2n) is 1.78. The van der Waals surface area contributed by atoms with Gasteiger partial charge >= 0.3 is 15.6 Å². The normalized spacial score (nSPS) is 11.2. The van der Waals surface area contributed by atoms with Gasteiger partial charge in [-0.25, -0.2) is 9.13 Å². The minimum absolute atomic E-state index is 0.163. The molecule has 9 nitrogen and oxygen atoms in total. The molecule has 0 aromatic carbocycles. The molecule has 0 bridgehead atoms. The van der Waals surface area contributed by atoms with Crippen molar-refractivity contribution in [2.75, 3.05) is 6.61 Å². The highest BCUT2D eigenvalue weighted by Gasteiger charge is 2.00. The Morgan fingerprint density at radius 1 is 0.933 bits per heavy atom. The summed E-state index contributed by atoms with van der Waals surface area (Å²) in [7, 11) is -9.28. The Morgan fingerprint density at radius 2 is 1.13 bits per heavy atom. The molecule has 7 N–H and O–H groups in total. The molecule has 0 saturated heterocycles. The van der Waals surface area contributed by atoms with Crippen molar-refractivity contribution in [1.29, 1.82) is 0 Å². The molecule has 0 rings (SSSR count). The molecule has 0 aromatic heterocycles. The number of hydrogen-bond acceptors (Lipinski definition) is 3. The number of aliphatic hydroxyl groups is 1. The largest absolute Gasteiger partial charge is 0.466 e. The van der Waals surface area contributed by atoms with Crippen molar-refractivity contribution in [3.8, 4) is 0 Å². The summed E-state index contributed by atoms with van der Waals surface area (Å²) in [6, 6.07) is 0. The summed E-state index contributed by atoms with van der Waals surface area (Å²) >= 11 is 0. The van der Waals surface area contributed by atoms with E-state index in [-0.39, 0.29) is 6.61 Å². The van der Waals surface area contributed by atoms with Crippen LogP contribution < -0.4 is 0 Å². The van der Waals surface area contributed by atoms with E-state index in [9.17, 15) is 0 Å². The van der Waals surface area contributed by atoms with E-state index in [4.69, 9.17) is 43.6 Å². The van der Waals surface area contributed by atoms with Crippen LogP contribution in [0.4, 0.5) is 0 Å². The smallest absolute Gasteiger partial charge is 0.392 e. The van der Waals surface area contributed by atoms with Gasteiger partial charge in [-0.3, -0.25) is 0 Å². The van der Waals surface area contributed by atoms with Crippen molar-refractivity contribution in [1.82, 2.24) is 0 Å². The van der Waals surface area contributed by atoms with Crippen LogP contribution >= 0.6 is 15.6 Å². The Bertz CT molecular complexity index is 200. The van der Waals surface area contributed by atoms with Crippen LogP contribution in [0.2, 0.25) is 0 Å². The van der Waals surface area contributed by atoms with Gasteiger partial charge in [0.15, 0.2) is 0 Å². The standard InChI is InChI=1S/C4H8O.2H3O4P/c1-2-3-4-5;2*1-5(2,3)4/h2-3,5H,4H2,1H3;2*(H3,1,2,3,4). The molecule has 0 aliphatic rings. The van der Waals surface area contributed by atoms with Gasteiger partial charge in [0.05, 0.1) is 6.61 Å². The fourth-order valence-electron chi connectivity index (χ4n) is 0.105. The first kappa shape index (κ1) is 20.3. The van der Waals surface area contributed by atoms with Gasteiger partial charge in [-0.2, -0.15) is 0 Å². The van der Waals surface area contributed by atoms with E-state index in [1.165, 1.54) is 0 Å². The van der Waals surface area contributed by atoms with E-state index in [1.54, 1.807) is 12.2 Å². The molecule has 0 heterocycles. The van der Waals surface area contributed by atoms with Crippen LogP contribution in [0.5, 0.6) is 0 Å². The van der Waals surface area contributed by atoms with E-state index in [0.717, 1.165) is 0 Å². The summed E-state index contributed by atoms with van der Waals surface area (Å²) in [6.07, 6.45) is 3.49. The molecule has 0 aliphatic carbocycles. The summed E-state index contributed by atoms with van der Waals surface area (Å²) in [4.78, 5) is 43.1. The monoisotopic (exact) mass is 268 g/mol. The molecule has 15 heavy (non-hydrogen) atoms. The minimum Gasteiger partial charge on any atom is -0.392 e. The average molecular weight is 268 g/mol. The first-order valence-corrected chi connectivity index (χ1v) is 6.33. The molecule has 0 aliphatic heterocycles. The third kappa shape index (κ3) is 537. The lowest BCUT2D eigenvalue weighted by Crippen LogP contribution is -1.66. The molecule has 0 saturated carbocycles. The van der Waals surface area contributed by atoms with Crippen LogP contribution in [0.15, 0.2) is 12.2 Å². The zero-order valence-corrected chi connectivity index (χ0v) is 9.49. The summed E-state index contributed by atoms with van der Waals surface area (Å²) < 4.78 is 17.8. The van der Waals surface area contributed by atoms with Crippen molar-refractivity contribution in [2.45, 2.75) is 6.92 Å². The zero-order valence-electron chi connectivity index (χ0n) is 7.70. The SMILES string of the molecule is CC=CCO.O=P(O)(O)O.O=P(O)(O)O. The maximum Gasteiger partial charge on any atom is 0.466 e. The molecular weight excluding hydrogens is 254 g/mol. The number of allylic oxidation sites excluding steroid dienone is 1. The van der Waals surface area contributed by atoms with Gasteiger partial charge in [0.25, 0.3) is 0 Å². The van der Waals surface area contributed by atoms with Crippen LogP contribution in [0.25, 0.3) is 0 Å². The van der Waals surface area contributed by atoms with Gasteiger partial charge in [0.2, 0.25) is 0 Å². The topological polar surface area (TPSA) is 176 Å². The van der Waals surface area contributed by atoms with Gasteiger partial charge in [-0.1, -0.05) is 12.2 Å². The molecule has 0 aromatic rings. The third-order valence-electron chi connectivity index (χ3n) is 0.341. The fourth-order valence-corrected chi connectivity index (χ4v) is 0.105. The highest BCUT2D eigenvalue weighted by molar-refractivity contribution is 7.45. The third-order valence-corrected chi connectivity index (χ3v) is 0.341. The number of rotatable bonds is 1. The summed E-state index contributed by atoms with van der Waals surface area (Å²) in [5, 5.41) is 7.98. The zero-order chi connectivity index (χ0) is 13.1. The van der Waals surface area contributed by atoms with Gasteiger partial charge in [-0.15, -0.1) is 0 Å². The van der Waals surface area contributed by atoms with Crippen molar-refractivity contribution in [3.63, 3.8) is 0 Å². The highest BCUT2D eigenvalue weighted by Crippen LogP contribution is 2.26. The number of hydrogen-bond donors (Lipinski definition) is 7. The summed E-state index contributed by atoms with van der Waals surface area (Å²) in [6.45, 7) is 2.03. The van der Waals surface area contributed by atoms with Gasteiger partial charge in [-0.05, 0) is 6.92 Å². The second-order valence-corrected chi connectivity index (χ2v) is 3.83. The average Bonchev–Trinajstić information content (AvgIpc) is 1.80. The maximum absolute atomic E-state index is 8.88. The molecule has 94 valence electrons. The van der Waals surface area contributed by atoms with E-state index in [0.29, 0.717) is 0 Å². The van der Waals surface area contributed by atoms with Gasteiger partial charge < -0.3 is 34.5 Å². The molecule has 0 fully saturated rings.